The van der Waals surface area contributed by atoms with Crippen LogP contribution >= 0.6 is 0 Å². The first kappa shape index (κ1) is 14.1. The largest absolute Gasteiger partial charge is 0.326 e. The number of nitrogens with one attached hydrogen (secondary N) is 1. The molecule has 1 aromatic rings. The number of carbonyl (C=O) groups excluding carboxylic acids is 1. The Morgan fingerprint density at radius 2 is 1.89 bits per heavy atom. The molecule has 0 radical (unpaired) electrons. The smallest absolute Gasteiger partial charge is 0.224 e. The highest BCUT2D eigenvalue weighted by Crippen LogP contribution is 2.27. The average Bonchev–Trinajstić information content (AvgIpc) is 2.70. The molecule has 19 heavy (non-hydrogen) atoms. The van der Waals surface area contributed by atoms with Crippen molar-refractivity contribution in [2.75, 3.05) is 5.32 Å². The molecule has 3 nitrogen and oxygen atoms in total. The number of anilines is 1. The Bertz CT molecular complexity index is 466. The normalized spacial score (nSPS) is 15.1. The zero-order chi connectivity index (χ0) is 14.0. The highest BCUT2D eigenvalue weighted by atomic mass is 16.1. The van der Waals surface area contributed by atoms with E-state index in [4.69, 9.17) is 0 Å². The van der Waals surface area contributed by atoms with Gasteiger partial charge in [-0.1, -0.05) is 19.9 Å². The molecule has 0 bridgehead atoms. The molecule has 1 aromatic carbocycles. The van der Waals surface area contributed by atoms with Gasteiger partial charge in [0.25, 0.3) is 0 Å². The van der Waals surface area contributed by atoms with Gasteiger partial charge in [0.05, 0.1) is 0 Å². The van der Waals surface area contributed by atoms with Gasteiger partial charge >= 0.3 is 0 Å². The molecule has 1 heterocycles. The summed E-state index contributed by atoms with van der Waals surface area (Å²) in [6.07, 6.45) is 0.579. The van der Waals surface area contributed by atoms with Gasteiger partial charge in [0, 0.05) is 31.2 Å². The maximum atomic E-state index is 11.8. The molecule has 1 amide bonds. The highest BCUT2D eigenvalue weighted by molar-refractivity contribution is 5.90. The zero-order valence-electron chi connectivity index (χ0n) is 12.4. The van der Waals surface area contributed by atoms with Crippen molar-refractivity contribution in [2.45, 2.75) is 53.2 Å². The lowest BCUT2D eigenvalue weighted by Crippen LogP contribution is -2.24. The van der Waals surface area contributed by atoms with Crippen LogP contribution in [0.5, 0.6) is 0 Å². The van der Waals surface area contributed by atoms with Gasteiger partial charge in [0.15, 0.2) is 0 Å². The van der Waals surface area contributed by atoms with E-state index >= 15 is 0 Å². The number of amides is 1. The number of carbonyl (C=O) groups is 1. The third-order valence-electron chi connectivity index (χ3n) is 3.56. The van der Waals surface area contributed by atoms with E-state index in [2.05, 4.69) is 50.0 Å². The summed E-state index contributed by atoms with van der Waals surface area (Å²) in [6.45, 7) is 10.6. The molecular formula is C16H24N2O. The Hall–Kier alpha value is -1.35. The van der Waals surface area contributed by atoms with Crippen LogP contribution in [0.3, 0.4) is 0 Å². The second-order valence-electron chi connectivity index (χ2n) is 6.13. The van der Waals surface area contributed by atoms with Crippen molar-refractivity contribution in [3.8, 4) is 0 Å². The summed E-state index contributed by atoms with van der Waals surface area (Å²) in [5, 5.41) is 2.99. The Balaban J connectivity index is 2.03. The minimum Gasteiger partial charge on any atom is -0.326 e. The van der Waals surface area contributed by atoms with E-state index in [0.717, 1.165) is 18.8 Å². The Labute approximate surface area is 116 Å². The standard InChI is InChI=1S/C16H24N2O/c1-11(2)7-16(19)17-15-6-5-13-9-18(12(3)4)10-14(13)8-15/h5-6,8,11-12H,7,9-10H2,1-4H3,(H,17,19). The van der Waals surface area contributed by atoms with Crippen molar-refractivity contribution in [1.29, 1.82) is 0 Å². The van der Waals surface area contributed by atoms with Crippen molar-refractivity contribution in [3.05, 3.63) is 29.3 Å². The highest BCUT2D eigenvalue weighted by Gasteiger charge is 2.21. The first-order valence-corrected chi connectivity index (χ1v) is 7.11. The molecule has 3 heteroatoms. The molecule has 0 aliphatic carbocycles. The summed E-state index contributed by atoms with van der Waals surface area (Å²) in [5.41, 5.74) is 3.65. The lowest BCUT2D eigenvalue weighted by Gasteiger charge is -2.18. The molecule has 1 aliphatic heterocycles. The summed E-state index contributed by atoms with van der Waals surface area (Å²) in [5.74, 6) is 0.500. The number of benzene rings is 1. The number of fused-ring (bicyclic) bond motifs is 1. The van der Waals surface area contributed by atoms with E-state index in [1.54, 1.807) is 0 Å². The summed E-state index contributed by atoms with van der Waals surface area (Å²) < 4.78 is 0. The number of nitrogens with zero attached hydrogens (tertiary/aromatic N) is 1. The van der Waals surface area contributed by atoms with Crippen molar-refractivity contribution in [3.63, 3.8) is 0 Å². The molecule has 104 valence electrons. The van der Waals surface area contributed by atoms with Gasteiger partial charge in [0.1, 0.15) is 0 Å². The predicted octanol–water partition coefficient (Wildman–Crippen LogP) is 3.40. The van der Waals surface area contributed by atoms with Crippen LogP contribution in [0.2, 0.25) is 0 Å². The Morgan fingerprint density at radius 3 is 2.53 bits per heavy atom. The summed E-state index contributed by atoms with van der Waals surface area (Å²) in [4.78, 5) is 14.2. The lowest BCUT2D eigenvalue weighted by atomic mass is 10.1. The molecule has 0 unspecified atom stereocenters. The second kappa shape index (κ2) is 5.74. The van der Waals surface area contributed by atoms with Crippen LogP contribution in [0, 0.1) is 5.92 Å². The number of hydrogen-bond donors (Lipinski definition) is 1. The molecule has 0 atom stereocenters. The van der Waals surface area contributed by atoms with Gasteiger partial charge in [-0.05, 0) is 43.0 Å². The molecule has 0 saturated carbocycles. The van der Waals surface area contributed by atoms with Gasteiger partial charge in [-0.25, -0.2) is 0 Å². The molecule has 0 fully saturated rings. The SMILES string of the molecule is CC(C)CC(=O)Nc1ccc2c(c1)CN(C(C)C)C2. The van der Waals surface area contributed by atoms with Gasteiger partial charge in [-0.2, -0.15) is 0 Å². The fourth-order valence-corrected chi connectivity index (χ4v) is 2.45. The molecule has 0 aromatic heterocycles. The van der Waals surface area contributed by atoms with Gasteiger partial charge in [0.2, 0.25) is 5.91 Å². The average molecular weight is 260 g/mol. The van der Waals surface area contributed by atoms with Crippen LogP contribution in [0.4, 0.5) is 5.69 Å². The van der Waals surface area contributed by atoms with E-state index < -0.39 is 0 Å². The summed E-state index contributed by atoms with van der Waals surface area (Å²) >= 11 is 0. The quantitative estimate of drug-likeness (QED) is 0.900. The Kier molecular flexibility index (Phi) is 4.25. The monoisotopic (exact) mass is 260 g/mol. The minimum absolute atomic E-state index is 0.105. The third-order valence-corrected chi connectivity index (χ3v) is 3.56. The maximum Gasteiger partial charge on any atom is 0.224 e. The first-order valence-electron chi connectivity index (χ1n) is 7.11. The maximum absolute atomic E-state index is 11.8. The first-order chi connectivity index (χ1) is 8.95. The summed E-state index contributed by atoms with van der Waals surface area (Å²) in [7, 11) is 0. The van der Waals surface area contributed by atoms with Gasteiger partial charge < -0.3 is 5.32 Å². The van der Waals surface area contributed by atoms with E-state index in [1.165, 1.54) is 11.1 Å². The zero-order valence-corrected chi connectivity index (χ0v) is 12.4. The topological polar surface area (TPSA) is 32.3 Å². The molecule has 2 rings (SSSR count). The predicted molar refractivity (Wildman–Crippen MR) is 78.9 cm³/mol. The van der Waals surface area contributed by atoms with Crippen LogP contribution in [-0.2, 0) is 17.9 Å². The molecule has 0 saturated heterocycles. The van der Waals surface area contributed by atoms with Gasteiger partial charge in [-0.15, -0.1) is 0 Å². The van der Waals surface area contributed by atoms with Gasteiger partial charge in [-0.3, -0.25) is 9.69 Å². The number of rotatable bonds is 4. The van der Waals surface area contributed by atoms with Crippen molar-refractivity contribution in [2.24, 2.45) is 5.92 Å². The minimum atomic E-state index is 0.105. The molecule has 0 spiro atoms. The number of hydrogen-bond acceptors (Lipinski definition) is 2. The fourth-order valence-electron chi connectivity index (χ4n) is 2.45. The van der Waals surface area contributed by atoms with Crippen LogP contribution in [0.15, 0.2) is 18.2 Å². The van der Waals surface area contributed by atoms with Crippen LogP contribution in [0.25, 0.3) is 0 Å². The van der Waals surface area contributed by atoms with Crippen LogP contribution < -0.4 is 5.32 Å². The van der Waals surface area contributed by atoms with Crippen LogP contribution in [0.1, 0.15) is 45.2 Å². The van der Waals surface area contributed by atoms with E-state index in [1.807, 2.05) is 6.07 Å². The molecule has 1 aliphatic rings. The van der Waals surface area contributed by atoms with E-state index in [9.17, 15) is 4.79 Å². The van der Waals surface area contributed by atoms with Crippen molar-refractivity contribution < 1.29 is 4.79 Å². The Morgan fingerprint density at radius 1 is 1.21 bits per heavy atom. The van der Waals surface area contributed by atoms with Crippen molar-refractivity contribution >= 4 is 11.6 Å². The van der Waals surface area contributed by atoms with E-state index in [0.29, 0.717) is 18.4 Å². The van der Waals surface area contributed by atoms with E-state index in [-0.39, 0.29) is 5.91 Å². The molecule has 1 N–H and O–H groups in total. The van der Waals surface area contributed by atoms with Crippen LogP contribution in [-0.4, -0.2) is 16.8 Å². The third kappa shape index (κ3) is 3.57. The second-order valence-corrected chi connectivity index (χ2v) is 6.13. The van der Waals surface area contributed by atoms with Crippen molar-refractivity contribution in [1.82, 2.24) is 4.90 Å². The summed E-state index contributed by atoms with van der Waals surface area (Å²) in [6, 6.07) is 6.84. The fraction of sp³-hybridized carbons (Fsp3) is 0.562. The molecular weight excluding hydrogens is 236 g/mol. The lowest BCUT2D eigenvalue weighted by molar-refractivity contribution is -0.116.